The number of nitrogens with one attached hydrogen (secondary N) is 1. The number of thioether (sulfide) groups is 1. The first kappa shape index (κ1) is 16.6. The molecule has 2 rings (SSSR count). The molecule has 3 N–H and O–H groups in total. The molecular formula is C14H21FN2O2S2. The second kappa shape index (κ2) is 6.54. The van der Waals surface area contributed by atoms with Crippen molar-refractivity contribution in [1.29, 1.82) is 0 Å². The average molecular weight is 332 g/mol. The monoisotopic (exact) mass is 332 g/mol. The number of sulfonamides is 1. The molecule has 0 heterocycles. The number of rotatable bonds is 4. The highest BCUT2D eigenvalue weighted by molar-refractivity contribution is 7.99. The third-order valence-electron chi connectivity index (χ3n) is 3.95. The minimum atomic E-state index is -3.73. The van der Waals surface area contributed by atoms with Gasteiger partial charge in [0, 0.05) is 22.5 Å². The van der Waals surface area contributed by atoms with Crippen molar-refractivity contribution in [3.63, 3.8) is 0 Å². The van der Waals surface area contributed by atoms with Gasteiger partial charge in [-0.05, 0) is 44.6 Å². The van der Waals surface area contributed by atoms with Gasteiger partial charge in [-0.25, -0.2) is 17.5 Å². The summed E-state index contributed by atoms with van der Waals surface area (Å²) in [5.41, 5.74) is 6.09. The Bertz CT molecular complexity index is 596. The van der Waals surface area contributed by atoms with Crippen LogP contribution in [0.3, 0.4) is 0 Å². The van der Waals surface area contributed by atoms with Crippen LogP contribution in [-0.4, -0.2) is 26.0 Å². The van der Waals surface area contributed by atoms with E-state index < -0.39 is 15.8 Å². The van der Waals surface area contributed by atoms with Crippen LogP contribution in [0, 0.1) is 12.7 Å². The van der Waals surface area contributed by atoms with Crippen LogP contribution in [0.2, 0.25) is 0 Å². The first-order valence-corrected chi connectivity index (χ1v) is 9.71. The molecular weight excluding hydrogens is 311 g/mol. The van der Waals surface area contributed by atoms with Gasteiger partial charge in [0.15, 0.2) is 0 Å². The van der Waals surface area contributed by atoms with Gasteiger partial charge in [0.1, 0.15) is 5.82 Å². The topological polar surface area (TPSA) is 72.2 Å². The minimum Gasteiger partial charge on any atom is -0.398 e. The van der Waals surface area contributed by atoms with E-state index in [1.807, 2.05) is 6.26 Å². The second-order valence-electron chi connectivity index (χ2n) is 5.46. The number of halogens is 1. The molecule has 0 saturated heterocycles. The van der Waals surface area contributed by atoms with Crippen molar-refractivity contribution < 1.29 is 12.8 Å². The summed E-state index contributed by atoms with van der Waals surface area (Å²) in [6.45, 7) is 1.53. The van der Waals surface area contributed by atoms with Crippen molar-refractivity contribution in [2.24, 2.45) is 0 Å². The lowest BCUT2D eigenvalue weighted by Gasteiger charge is -2.28. The molecule has 2 atom stereocenters. The first-order valence-electron chi connectivity index (χ1n) is 6.94. The Hall–Kier alpha value is -0.790. The van der Waals surface area contributed by atoms with Crippen LogP contribution in [0.4, 0.5) is 10.1 Å². The SMILES string of the molecule is CSC1CCCC(NS(=O)(=O)c2cc(N)c(C)c(F)c2)C1. The van der Waals surface area contributed by atoms with E-state index in [0.29, 0.717) is 5.25 Å². The Labute approximate surface area is 129 Å². The van der Waals surface area contributed by atoms with Crippen molar-refractivity contribution in [3.05, 3.63) is 23.5 Å². The summed E-state index contributed by atoms with van der Waals surface area (Å²) in [5, 5.41) is 0.478. The zero-order valence-corrected chi connectivity index (χ0v) is 13.9. The number of nitrogens with two attached hydrogens (primary N) is 1. The summed E-state index contributed by atoms with van der Waals surface area (Å²) in [6, 6.07) is 2.25. The Morgan fingerprint density at radius 3 is 2.71 bits per heavy atom. The van der Waals surface area contributed by atoms with E-state index in [1.54, 1.807) is 11.8 Å². The molecule has 21 heavy (non-hydrogen) atoms. The molecule has 1 aliphatic rings. The summed E-state index contributed by atoms with van der Waals surface area (Å²) in [5.74, 6) is -0.596. The maximum absolute atomic E-state index is 13.7. The summed E-state index contributed by atoms with van der Waals surface area (Å²) in [4.78, 5) is -0.102. The number of hydrogen-bond donors (Lipinski definition) is 2. The van der Waals surface area contributed by atoms with Crippen molar-refractivity contribution in [1.82, 2.24) is 4.72 Å². The van der Waals surface area contributed by atoms with Crippen molar-refractivity contribution in [2.45, 2.75) is 48.8 Å². The average Bonchev–Trinajstić information content (AvgIpc) is 2.44. The molecule has 2 unspecified atom stereocenters. The van der Waals surface area contributed by atoms with Gasteiger partial charge in [0.05, 0.1) is 4.90 Å². The summed E-state index contributed by atoms with van der Waals surface area (Å²) >= 11 is 1.76. The molecule has 0 spiro atoms. The van der Waals surface area contributed by atoms with Gasteiger partial charge in [-0.15, -0.1) is 0 Å². The molecule has 1 fully saturated rings. The number of anilines is 1. The van der Waals surface area contributed by atoms with E-state index in [2.05, 4.69) is 4.72 Å². The summed E-state index contributed by atoms with van der Waals surface area (Å²) in [6.07, 6.45) is 5.79. The maximum atomic E-state index is 13.7. The Morgan fingerprint density at radius 2 is 2.10 bits per heavy atom. The molecule has 1 aromatic rings. The van der Waals surface area contributed by atoms with Crippen LogP contribution in [0.5, 0.6) is 0 Å². The highest BCUT2D eigenvalue weighted by atomic mass is 32.2. The van der Waals surface area contributed by atoms with Crippen molar-refractivity contribution in [3.8, 4) is 0 Å². The normalized spacial score (nSPS) is 23.2. The van der Waals surface area contributed by atoms with Gasteiger partial charge in [0.25, 0.3) is 0 Å². The zero-order valence-electron chi connectivity index (χ0n) is 12.2. The largest absolute Gasteiger partial charge is 0.398 e. The van der Waals surface area contributed by atoms with E-state index >= 15 is 0 Å². The molecule has 4 nitrogen and oxygen atoms in total. The van der Waals surface area contributed by atoms with Gasteiger partial charge < -0.3 is 5.73 Å². The van der Waals surface area contributed by atoms with Crippen LogP contribution in [0.1, 0.15) is 31.2 Å². The van der Waals surface area contributed by atoms with Gasteiger partial charge in [-0.1, -0.05) is 6.42 Å². The number of hydrogen-bond acceptors (Lipinski definition) is 4. The van der Waals surface area contributed by atoms with E-state index in [4.69, 9.17) is 5.73 Å². The van der Waals surface area contributed by atoms with Crippen LogP contribution < -0.4 is 10.5 Å². The van der Waals surface area contributed by atoms with E-state index in [0.717, 1.165) is 31.7 Å². The third-order valence-corrected chi connectivity index (χ3v) is 6.54. The summed E-state index contributed by atoms with van der Waals surface area (Å²) in [7, 11) is -3.73. The molecule has 118 valence electrons. The molecule has 0 aromatic heterocycles. The quantitative estimate of drug-likeness (QED) is 0.832. The highest BCUT2D eigenvalue weighted by Crippen LogP contribution is 2.28. The lowest BCUT2D eigenvalue weighted by molar-refractivity contribution is 0.420. The lowest BCUT2D eigenvalue weighted by atomic mass is 9.96. The molecule has 0 radical (unpaired) electrons. The van der Waals surface area contributed by atoms with Crippen LogP contribution >= 0.6 is 11.8 Å². The smallest absolute Gasteiger partial charge is 0.240 e. The minimum absolute atomic E-state index is 0.0909. The Morgan fingerprint density at radius 1 is 1.38 bits per heavy atom. The van der Waals surface area contributed by atoms with E-state index in [-0.39, 0.29) is 22.2 Å². The van der Waals surface area contributed by atoms with Gasteiger partial charge >= 0.3 is 0 Å². The molecule has 7 heteroatoms. The molecule has 0 aliphatic heterocycles. The number of benzene rings is 1. The van der Waals surface area contributed by atoms with Gasteiger partial charge in [-0.3, -0.25) is 0 Å². The lowest BCUT2D eigenvalue weighted by Crippen LogP contribution is -2.39. The van der Waals surface area contributed by atoms with Crippen molar-refractivity contribution in [2.75, 3.05) is 12.0 Å². The standard InChI is InChI=1S/C14H21FN2O2S2/c1-9-13(15)7-12(8-14(9)16)21(18,19)17-10-4-3-5-11(6-10)20-2/h7-8,10-11,17H,3-6,16H2,1-2H3. The van der Waals surface area contributed by atoms with Crippen LogP contribution in [0.15, 0.2) is 17.0 Å². The predicted octanol–water partition coefficient (Wildman–Crippen LogP) is 2.67. The maximum Gasteiger partial charge on any atom is 0.240 e. The van der Waals surface area contributed by atoms with Crippen LogP contribution in [-0.2, 0) is 10.0 Å². The Balaban J connectivity index is 2.18. The zero-order chi connectivity index (χ0) is 15.6. The van der Waals surface area contributed by atoms with E-state index in [9.17, 15) is 12.8 Å². The van der Waals surface area contributed by atoms with Gasteiger partial charge in [-0.2, -0.15) is 11.8 Å². The predicted molar refractivity (Wildman–Crippen MR) is 85.4 cm³/mol. The Kier molecular flexibility index (Phi) is 5.16. The first-order chi connectivity index (χ1) is 9.83. The fourth-order valence-corrected chi connectivity index (χ4v) is 4.74. The van der Waals surface area contributed by atoms with E-state index in [1.165, 1.54) is 13.0 Å². The fraction of sp³-hybridized carbons (Fsp3) is 0.571. The third kappa shape index (κ3) is 3.90. The molecule has 0 bridgehead atoms. The molecule has 1 aliphatic carbocycles. The molecule has 0 amide bonds. The molecule has 1 saturated carbocycles. The second-order valence-corrected chi connectivity index (χ2v) is 8.31. The highest BCUT2D eigenvalue weighted by Gasteiger charge is 2.26. The van der Waals surface area contributed by atoms with Gasteiger partial charge in [0.2, 0.25) is 10.0 Å². The number of nitrogen functional groups attached to an aromatic ring is 1. The van der Waals surface area contributed by atoms with Crippen molar-refractivity contribution >= 4 is 27.5 Å². The molecule has 1 aromatic carbocycles. The summed E-state index contributed by atoms with van der Waals surface area (Å²) < 4.78 is 41.1. The van der Waals surface area contributed by atoms with Crippen LogP contribution in [0.25, 0.3) is 0 Å². The fourth-order valence-electron chi connectivity index (χ4n) is 2.58.